The molecule has 3 aromatic carbocycles. The highest BCUT2D eigenvalue weighted by molar-refractivity contribution is 7.80. The minimum absolute atomic E-state index is 0.0474. The van der Waals surface area contributed by atoms with Crippen molar-refractivity contribution in [2.45, 2.75) is 13.5 Å². The van der Waals surface area contributed by atoms with E-state index in [9.17, 15) is 9.59 Å². The summed E-state index contributed by atoms with van der Waals surface area (Å²) in [7, 11) is 0. The molecule has 0 heterocycles. The van der Waals surface area contributed by atoms with Crippen molar-refractivity contribution in [2.75, 3.05) is 19.8 Å². The molecule has 3 N–H and O–H groups in total. The zero-order valence-electron chi connectivity index (χ0n) is 19.3. The van der Waals surface area contributed by atoms with Crippen molar-refractivity contribution in [3.8, 4) is 11.5 Å². The van der Waals surface area contributed by atoms with Gasteiger partial charge in [0, 0.05) is 17.7 Å². The molecule has 0 fully saturated rings. The van der Waals surface area contributed by atoms with Gasteiger partial charge in [0.1, 0.15) is 24.7 Å². The van der Waals surface area contributed by atoms with Crippen LogP contribution in [0.25, 0.3) is 0 Å². The number of benzene rings is 3. The maximum atomic E-state index is 12.5. The molecule has 0 spiro atoms. The molecule has 3 aromatic rings. The predicted octanol–water partition coefficient (Wildman–Crippen LogP) is 3.63. The Hall–Kier alpha value is -3.95. The van der Waals surface area contributed by atoms with Gasteiger partial charge in [-0.2, -0.15) is 0 Å². The number of carbonyl (C=O) groups excluding carboxylic acids is 2. The first kappa shape index (κ1) is 25.7. The maximum absolute atomic E-state index is 12.5. The molecule has 2 amide bonds. The van der Waals surface area contributed by atoms with Gasteiger partial charge in [0.25, 0.3) is 11.8 Å². The number of hydrogen-bond donors (Lipinski definition) is 3. The smallest absolute Gasteiger partial charge is 0.269 e. The van der Waals surface area contributed by atoms with Gasteiger partial charge in [0.05, 0.1) is 6.61 Å². The SMILES string of the molecule is CCOCCOc1cccc(C(=O)NC(=S)NNC(=O)c2ccc(OCc3ccccc3)cc2)c1. The van der Waals surface area contributed by atoms with E-state index in [1.807, 2.05) is 37.3 Å². The second-order valence-electron chi connectivity index (χ2n) is 7.23. The van der Waals surface area contributed by atoms with Crippen LogP contribution in [-0.2, 0) is 11.3 Å². The fourth-order valence-corrected chi connectivity index (χ4v) is 3.07. The van der Waals surface area contributed by atoms with Gasteiger partial charge in [-0.3, -0.25) is 25.8 Å². The summed E-state index contributed by atoms with van der Waals surface area (Å²) in [6.45, 7) is 3.80. The molecule has 9 heteroatoms. The predicted molar refractivity (Wildman–Crippen MR) is 136 cm³/mol. The van der Waals surface area contributed by atoms with Crippen LogP contribution in [0.1, 0.15) is 33.2 Å². The Labute approximate surface area is 209 Å². The molecule has 0 aromatic heterocycles. The quantitative estimate of drug-likeness (QED) is 0.225. The zero-order valence-corrected chi connectivity index (χ0v) is 20.1. The molecule has 0 bridgehead atoms. The van der Waals surface area contributed by atoms with Gasteiger partial charge in [-0.25, -0.2) is 0 Å². The van der Waals surface area contributed by atoms with E-state index in [2.05, 4.69) is 16.2 Å². The van der Waals surface area contributed by atoms with Gasteiger partial charge in [-0.15, -0.1) is 0 Å². The second kappa shape index (κ2) is 13.7. The van der Waals surface area contributed by atoms with Crippen LogP contribution in [0.5, 0.6) is 11.5 Å². The summed E-state index contributed by atoms with van der Waals surface area (Å²) in [4.78, 5) is 24.8. The Balaban J connectivity index is 1.42. The number of hydrazine groups is 1. The van der Waals surface area contributed by atoms with Gasteiger partial charge < -0.3 is 14.2 Å². The third-order valence-electron chi connectivity index (χ3n) is 4.68. The van der Waals surface area contributed by atoms with Crippen molar-refractivity contribution in [1.82, 2.24) is 16.2 Å². The first-order valence-electron chi connectivity index (χ1n) is 11.0. The van der Waals surface area contributed by atoms with Crippen LogP contribution in [-0.4, -0.2) is 36.7 Å². The van der Waals surface area contributed by atoms with Crippen molar-refractivity contribution in [3.05, 3.63) is 95.6 Å². The number of rotatable bonds is 10. The van der Waals surface area contributed by atoms with Gasteiger partial charge >= 0.3 is 0 Å². The minimum atomic E-state index is -0.438. The molecule has 0 aliphatic carbocycles. The molecule has 8 nitrogen and oxygen atoms in total. The Morgan fingerprint density at radius 3 is 2.29 bits per heavy atom. The average Bonchev–Trinajstić information content (AvgIpc) is 2.89. The third-order valence-corrected chi connectivity index (χ3v) is 4.88. The van der Waals surface area contributed by atoms with Crippen molar-refractivity contribution < 1.29 is 23.8 Å². The number of ether oxygens (including phenoxy) is 3. The van der Waals surface area contributed by atoms with E-state index in [1.165, 1.54) is 0 Å². The van der Waals surface area contributed by atoms with Gasteiger partial charge in [0.2, 0.25) is 0 Å². The van der Waals surface area contributed by atoms with Gasteiger partial charge in [-0.05, 0) is 67.2 Å². The van der Waals surface area contributed by atoms with Crippen LogP contribution in [0.3, 0.4) is 0 Å². The van der Waals surface area contributed by atoms with Gasteiger partial charge in [0.15, 0.2) is 5.11 Å². The summed E-state index contributed by atoms with van der Waals surface area (Å²) in [6.07, 6.45) is 0. The van der Waals surface area contributed by atoms with Crippen molar-refractivity contribution >= 4 is 29.1 Å². The normalized spacial score (nSPS) is 10.2. The lowest BCUT2D eigenvalue weighted by Crippen LogP contribution is -2.48. The molecule has 3 rings (SSSR count). The number of amides is 2. The molecular weight excluding hydrogens is 466 g/mol. The number of carbonyl (C=O) groups is 2. The highest BCUT2D eigenvalue weighted by Crippen LogP contribution is 2.15. The van der Waals surface area contributed by atoms with E-state index < -0.39 is 11.8 Å². The number of thiocarbonyl (C=S) groups is 1. The lowest BCUT2D eigenvalue weighted by atomic mass is 10.2. The highest BCUT2D eigenvalue weighted by atomic mass is 32.1. The number of hydrogen-bond acceptors (Lipinski definition) is 6. The van der Waals surface area contributed by atoms with Crippen LogP contribution in [0.2, 0.25) is 0 Å². The molecule has 35 heavy (non-hydrogen) atoms. The van der Waals surface area contributed by atoms with Crippen molar-refractivity contribution in [2.24, 2.45) is 0 Å². The van der Waals surface area contributed by atoms with Crippen molar-refractivity contribution in [1.29, 1.82) is 0 Å². The molecule has 0 saturated heterocycles. The fraction of sp³-hybridized carbons (Fsp3) is 0.192. The van der Waals surface area contributed by atoms with Crippen LogP contribution in [0, 0.1) is 0 Å². The first-order chi connectivity index (χ1) is 17.0. The Bertz CT molecular complexity index is 1120. The van der Waals surface area contributed by atoms with E-state index in [1.54, 1.807) is 48.5 Å². The van der Waals surface area contributed by atoms with Crippen LogP contribution in [0.4, 0.5) is 0 Å². The molecular formula is C26H27N3O5S. The van der Waals surface area contributed by atoms with E-state index in [0.717, 1.165) is 5.56 Å². The van der Waals surface area contributed by atoms with Gasteiger partial charge in [-0.1, -0.05) is 36.4 Å². The average molecular weight is 494 g/mol. The molecule has 0 unspecified atom stereocenters. The zero-order chi connectivity index (χ0) is 24.9. The Morgan fingerprint density at radius 2 is 1.54 bits per heavy atom. The summed E-state index contributed by atoms with van der Waals surface area (Å²) >= 11 is 5.11. The minimum Gasteiger partial charge on any atom is -0.491 e. The lowest BCUT2D eigenvalue weighted by molar-refractivity contribution is 0.0934. The Morgan fingerprint density at radius 1 is 0.771 bits per heavy atom. The molecule has 0 atom stereocenters. The standard InChI is InChI=1S/C26H27N3O5S/c1-2-32-15-16-33-23-10-6-9-21(17-23)24(30)27-26(35)29-28-25(31)20-11-13-22(14-12-20)34-18-19-7-4-3-5-8-19/h3-14,17H,2,15-16,18H2,1H3,(H,28,31)(H2,27,29,30,35). The van der Waals surface area contributed by atoms with Crippen LogP contribution < -0.4 is 25.6 Å². The summed E-state index contributed by atoms with van der Waals surface area (Å²) in [5, 5.41) is 2.47. The van der Waals surface area contributed by atoms with E-state index >= 15 is 0 Å². The highest BCUT2D eigenvalue weighted by Gasteiger charge is 2.11. The summed E-state index contributed by atoms with van der Waals surface area (Å²) in [5.74, 6) is 0.332. The summed E-state index contributed by atoms with van der Waals surface area (Å²) in [5.41, 5.74) is 6.80. The van der Waals surface area contributed by atoms with Crippen LogP contribution >= 0.6 is 12.2 Å². The fourth-order valence-electron chi connectivity index (χ4n) is 2.93. The molecule has 182 valence electrons. The first-order valence-corrected chi connectivity index (χ1v) is 11.4. The lowest BCUT2D eigenvalue weighted by Gasteiger charge is -2.12. The maximum Gasteiger partial charge on any atom is 0.269 e. The molecule has 0 saturated carbocycles. The largest absolute Gasteiger partial charge is 0.491 e. The number of nitrogens with one attached hydrogen (secondary N) is 3. The molecule has 0 aliphatic heterocycles. The topological polar surface area (TPSA) is 97.9 Å². The molecule has 0 radical (unpaired) electrons. The van der Waals surface area contributed by atoms with E-state index in [4.69, 9.17) is 26.4 Å². The third kappa shape index (κ3) is 8.73. The van der Waals surface area contributed by atoms with Crippen LogP contribution in [0.15, 0.2) is 78.9 Å². The van der Waals surface area contributed by atoms with E-state index in [0.29, 0.717) is 49.1 Å². The second-order valence-corrected chi connectivity index (χ2v) is 7.64. The summed E-state index contributed by atoms with van der Waals surface area (Å²) < 4.78 is 16.5. The van der Waals surface area contributed by atoms with Crippen molar-refractivity contribution in [3.63, 3.8) is 0 Å². The molecule has 0 aliphatic rings. The summed E-state index contributed by atoms with van der Waals surface area (Å²) in [6, 6.07) is 23.2. The Kier molecular flexibility index (Phi) is 10.0. The monoisotopic (exact) mass is 493 g/mol. The van der Waals surface area contributed by atoms with E-state index in [-0.39, 0.29) is 5.11 Å².